The van der Waals surface area contributed by atoms with Gasteiger partial charge in [-0.1, -0.05) is 42.5 Å². The summed E-state index contributed by atoms with van der Waals surface area (Å²) in [4.78, 5) is 16.7. The molecule has 0 saturated heterocycles. The lowest BCUT2D eigenvalue weighted by Gasteiger charge is -2.13. The lowest BCUT2D eigenvalue weighted by Crippen LogP contribution is -2.26. The molecule has 3 nitrogen and oxygen atoms in total. The van der Waals surface area contributed by atoms with Crippen molar-refractivity contribution in [3.05, 3.63) is 77.1 Å². The third-order valence-electron chi connectivity index (χ3n) is 3.48. The fourth-order valence-electron chi connectivity index (χ4n) is 2.20. The van der Waals surface area contributed by atoms with Crippen LogP contribution >= 0.6 is 11.3 Å². The zero-order chi connectivity index (χ0) is 16.2. The van der Waals surface area contributed by atoms with Crippen LogP contribution in [0.1, 0.15) is 29.0 Å². The van der Waals surface area contributed by atoms with Crippen LogP contribution in [0.15, 0.2) is 60.0 Å². The molecular formula is C18H15FN2OS. The maximum atomic E-state index is 12.9. The Morgan fingerprint density at radius 2 is 1.83 bits per heavy atom. The number of hydrogen-bond donors (Lipinski definition) is 1. The Bertz CT molecular complexity index is 799. The largest absolute Gasteiger partial charge is 0.344 e. The number of amides is 1. The molecule has 5 heteroatoms. The van der Waals surface area contributed by atoms with E-state index in [4.69, 9.17) is 0 Å². The third kappa shape index (κ3) is 3.63. The van der Waals surface area contributed by atoms with Gasteiger partial charge in [0.1, 0.15) is 16.5 Å². The summed E-state index contributed by atoms with van der Waals surface area (Å²) in [6, 6.07) is 15.6. The van der Waals surface area contributed by atoms with Crippen molar-refractivity contribution in [2.45, 2.75) is 13.0 Å². The molecule has 1 aromatic heterocycles. The minimum absolute atomic E-state index is 0.218. The topological polar surface area (TPSA) is 42.0 Å². The van der Waals surface area contributed by atoms with Crippen molar-refractivity contribution >= 4 is 17.2 Å². The SMILES string of the molecule is C[C@H](NC(=O)c1csc(-c2ccccc2)n1)c1ccc(F)cc1. The Morgan fingerprint density at radius 3 is 2.52 bits per heavy atom. The highest BCUT2D eigenvalue weighted by Crippen LogP contribution is 2.23. The molecule has 2 aromatic carbocycles. The van der Waals surface area contributed by atoms with E-state index in [1.165, 1.54) is 23.5 Å². The van der Waals surface area contributed by atoms with Crippen LogP contribution in [0, 0.1) is 5.82 Å². The number of carbonyl (C=O) groups is 1. The predicted molar refractivity (Wildman–Crippen MR) is 89.8 cm³/mol. The normalized spacial score (nSPS) is 11.9. The molecule has 23 heavy (non-hydrogen) atoms. The van der Waals surface area contributed by atoms with E-state index in [2.05, 4.69) is 10.3 Å². The van der Waals surface area contributed by atoms with Crippen LogP contribution < -0.4 is 5.32 Å². The zero-order valence-corrected chi connectivity index (χ0v) is 13.3. The monoisotopic (exact) mass is 326 g/mol. The van der Waals surface area contributed by atoms with Crippen molar-refractivity contribution in [2.24, 2.45) is 0 Å². The van der Waals surface area contributed by atoms with E-state index in [0.29, 0.717) is 5.69 Å². The maximum Gasteiger partial charge on any atom is 0.271 e. The zero-order valence-electron chi connectivity index (χ0n) is 12.5. The number of aromatic nitrogens is 1. The predicted octanol–water partition coefficient (Wildman–Crippen LogP) is 4.44. The fraction of sp³-hybridized carbons (Fsp3) is 0.111. The van der Waals surface area contributed by atoms with Crippen LogP contribution in [-0.2, 0) is 0 Å². The Kier molecular flexibility index (Phi) is 4.48. The van der Waals surface area contributed by atoms with Crippen LogP contribution in [0.2, 0.25) is 0 Å². The van der Waals surface area contributed by atoms with E-state index >= 15 is 0 Å². The summed E-state index contributed by atoms with van der Waals surface area (Å²) in [7, 11) is 0. The fourth-order valence-corrected chi connectivity index (χ4v) is 3.00. The van der Waals surface area contributed by atoms with E-state index in [-0.39, 0.29) is 17.8 Å². The first-order valence-corrected chi connectivity index (χ1v) is 8.09. The van der Waals surface area contributed by atoms with Crippen molar-refractivity contribution in [1.29, 1.82) is 0 Å². The van der Waals surface area contributed by atoms with Crippen molar-refractivity contribution < 1.29 is 9.18 Å². The van der Waals surface area contributed by atoms with Crippen LogP contribution in [0.5, 0.6) is 0 Å². The lowest BCUT2D eigenvalue weighted by molar-refractivity contribution is 0.0935. The summed E-state index contributed by atoms with van der Waals surface area (Å²) in [5.74, 6) is -0.528. The molecule has 1 atom stereocenters. The molecule has 0 saturated carbocycles. The standard InChI is InChI=1S/C18H15FN2OS/c1-12(13-7-9-15(19)10-8-13)20-17(22)16-11-23-18(21-16)14-5-3-2-4-6-14/h2-12H,1H3,(H,20,22)/t12-/m0/s1. The smallest absolute Gasteiger partial charge is 0.271 e. The molecule has 1 N–H and O–H groups in total. The van der Waals surface area contributed by atoms with Gasteiger partial charge >= 0.3 is 0 Å². The first-order chi connectivity index (χ1) is 11.1. The molecule has 116 valence electrons. The van der Waals surface area contributed by atoms with Gasteiger partial charge in [-0.3, -0.25) is 4.79 Å². The first kappa shape index (κ1) is 15.4. The van der Waals surface area contributed by atoms with E-state index in [1.807, 2.05) is 37.3 Å². The van der Waals surface area contributed by atoms with E-state index in [9.17, 15) is 9.18 Å². The third-order valence-corrected chi connectivity index (χ3v) is 4.37. The average Bonchev–Trinajstić information content (AvgIpc) is 3.06. The number of nitrogens with one attached hydrogen (secondary N) is 1. The molecule has 1 amide bonds. The van der Waals surface area contributed by atoms with Gasteiger partial charge in [-0.05, 0) is 24.6 Å². The first-order valence-electron chi connectivity index (χ1n) is 7.21. The van der Waals surface area contributed by atoms with E-state index < -0.39 is 0 Å². The minimum Gasteiger partial charge on any atom is -0.344 e. The highest BCUT2D eigenvalue weighted by Gasteiger charge is 2.15. The Labute approximate surface area is 137 Å². The molecule has 0 radical (unpaired) electrons. The van der Waals surface area contributed by atoms with Crippen LogP contribution in [0.25, 0.3) is 10.6 Å². The molecule has 0 bridgehead atoms. The van der Waals surface area contributed by atoms with Gasteiger partial charge in [0.2, 0.25) is 0 Å². The lowest BCUT2D eigenvalue weighted by atomic mass is 10.1. The van der Waals surface area contributed by atoms with Crippen molar-refractivity contribution in [2.75, 3.05) is 0 Å². The number of benzene rings is 2. The second kappa shape index (κ2) is 6.71. The van der Waals surface area contributed by atoms with Crippen molar-refractivity contribution in [3.63, 3.8) is 0 Å². The van der Waals surface area contributed by atoms with Gasteiger partial charge in [0.05, 0.1) is 6.04 Å². The average molecular weight is 326 g/mol. The number of nitrogens with zero attached hydrogens (tertiary/aromatic N) is 1. The summed E-state index contributed by atoms with van der Waals surface area (Å²) in [5, 5.41) is 5.43. The van der Waals surface area contributed by atoms with Gasteiger partial charge in [-0.2, -0.15) is 0 Å². The van der Waals surface area contributed by atoms with Crippen molar-refractivity contribution in [3.8, 4) is 10.6 Å². The quantitative estimate of drug-likeness (QED) is 0.770. The molecule has 0 fully saturated rings. The Morgan fingerprint density at radius 1 is 1.13 bits per heavy atom. The van der Waals surface area contributed by atoms with Gasteiger partial charge in [-0.15, -0.1) is 11.3 Å². The van der Waals surface area contributed by atoms with Gasteiger partial charge in [0, 0.05) is 10.9 Å². The van der Waals surface area contributed by atoms with Gasteiger partial charge in [0.25, 0.3) is 5.91 Å². The molecule has 1 heterocycles. The highest BCUT2D eigenvalue weighted by molar-refractivity contribution is 7.13. The second-order valence-electron chi connectivity index (χ2n) is 5.15. The van der Waals surface area contributed by atoms with E-state index in [1.54, 1.807) is 17.5 Å². The summed E-state index contributed by atoms with van der Waals surface area (Å²) in [5.41, 5.74) is 2.23. The summed E-state index contributed by atoms with van der Waals surface area (Å²) in [6.07, 6.45) is 0. The number of rotatable bonds is 4. The van der Waals surface area contributed by atoms with Crippen molar-refractivity contribution in [1.82, 2.24) is 10.3 Å². The molecular weight excluding hydrogens is 311 g/mol. The molecule has 0 unspecified atom stereocenters. The van der Waals surface area contributed by atoms with Crippen LogP contribution in [-0.4, -0.2) is 10.9 Å². The minimum atomic E-state index is -0.292. The molecule has 0 aliphatic rings. The molecule has 0 aliphatic carbocycles. The van der Waals surface area contributed by atoms with Crippen LogP contribution in [0.4, 0.5) is 4.39 Å². The number of hydrogen-bond acceptors (Lipinski definition) is 3. The second-order valence-corrected chi connectivity index (χ2v) is 6.01. The molecule has 3 rings (SSSR count). The van der Waals surface area contributed by atoms with Gasteiger partial charge in [-0.25, -0.2) is 9.37 Å². The molecule has 0 spiro atoms. The number of halogens is 1. The number of carbonyl (C=O) groups excluding carboxylic acids is 1. The summed E-state index contributed by atoms with van der Waals surface area (Å²) >= 11 is 1.43. The van der Waals surface area contributed by atoms with E-state index in [0.717, 1.165) is 16.1 Å². The Balaban J connectivity index is 1.71. The molecule has 0 aliphatic heterocycles. The highest BCUT2D eigenvalue weighted by atomic mass is 32.1. The van der Waals surface area contributed by atoms with Crippen LogP contribution in [0.3, 0.4) is 0 Å². The maximum absolute atomic E-state index is 12.9. The number of thiazole rings is 1. The van der Waals surface area contributed by atoms with Gasteiger partial charge < -0.3 is 5.32 Å². The summed E-state index contributed by atoms with van der Waals surface area (Å²) < 4.78 is 12.9. The summed E-state index contributed by atoms with van der Waals surface area (Å²) in [6.45, 7) is 1.86. The van der Waals surface area contributed by atoms with Gasteiger partial charge in [0.15, 0.2) is 0 Å². The molecule has 3 aromatic rings. The Hall–Kier alpha value is -2.53.